The molecule has 11 heteroatoms. The van der Waals surface area contributed by atoms with Gasteiger partial charge in [0.2, 0.25) is 0 Å². The molecule has 0 unspecified atom stereocenters. The molecule has 1 aliphatic rings. The number of para-hydroxylation sites is 1. The maximum absolute atomic E-state index is 13.5. The normalized spacial score (nSPS) is 15.7. The summed E-state index contributed by atoms with van der Waals surface area (Å²) in [6.45, 7) is 3.44. The topological polar surface area (TPSA) is 123 Å². The molecule has 0 fully saturated rings. The van der Waals surface area contributed by atoms with Gasteiger partial charge in [-0.05, 0) is 56.4 Å². The van der Waals surface area contributed by atoms with E-state index in [1.165, 1.54) is 6.07 Å². The minimum absolute atomic E-state index is 0.129. The van der Waals surface area contributed by atoms with Crippen molar-refractivity contribution in [2.75, 3.05) is 17.3 Å². The number of rotatable bonds is 6. The number of nitro groups is 1. The summed E-state index contributed by atoms with van der Waals surface area (Å²) in [5.74, 6) is 0.924. The minimum atomic E-state index is -0.864. The molecule has 0 radical (unpaired) electrons. The fraction of sp³-hybridized carbons (Fsp3) is 0.174. The molecule has 1 aromatic heterocycles. The lowest BCUT2D eigenvalue weighted by Gasteiger charge is -2.37. The van der Waals surface area contributed by atoms with Crippen LogP contribution in [0.2, 0.25) is 0 Å². The number of amides is 1. The van der Waals surface area contributed by atoms with Crippen molar-refractivity contribution in [1.82, 2.24) is 10.5 Å². The first kappa shape index (κ1) is 22.9. The van der Waals surface area contributed by atoms with Gasteiger partial charge in [-0.15, -0.1) is 0 Å². The van der Waals surface area contributed by atoms with Crippen molar-refractivity contribution in [3.63, 3.8) is 0 Å². The summed E-state index contributed by atoms with van der Waals surface area (Å²) >= 11 is 5.63. The Morgan fingerprint density at radius 1 is 1.24 bits per heavy atom. The first-order valence-electron chi connectivity index (χ1n) is 10.2. The number of ether oxygens (including phenoxy) is 1. The van der Waals surface area contributed by atoms with E-state index in [9.17, 15) is 14.9 Å². The third-order valence-corrected chi connectivity index (χ3v) is 5.67. The van der Waals surface area contributed by atoms with Crippen LogP contribution in [-0.4, -0.2) is 28.2 Å². The van der Waals surface area contributed by atoms with E-state index in [-0.39, 0.29) is 17.1 Å². The highest BCUT2D eigenvalue weighted by Crippen LogP contribution is 2.37. The molecule has 1 atom stereocenters. The summed E-state index contributed by atoms with van der Waals surface area (Å²) < 4.78 is 10.3. The Balaban J connectivity index is 1.84. The van der Waals surface area contributed by atoms with E-state index >= 15 is 0 Å². The second-order valence-corrected chi connectivity index (χ2v) is 7.89. The number of allylic oxidation sites excluding steroid dienone is 1. The summed E-state index contributed by atoms with van der Waals surface area (Å²) in [5, 5.41) is 21.7. The monoisotopic (exact) mass is 479 g/mol. The summed E-state index contributed by atoms with van der Waals surface area (Å²) in [7, 11) is 1.57. The Morgan fingerprint density at radius 3 is 2.56 bits per heavy atom. The third kappa shape index (κ3) is 4.33. The number of hydrogen-bond donors (Lipinski definition) is 2. The van der Waals surface area contributed by atoms with E-state index in [1.54, 1.807) is 74.4 Å². The van der Waals surface area contributed by atoms with Crippen LogP contribution in [-0.2, 0) is 4.79 Å². The van der Waals surface area contributed by atoms with Gasteiger partial charge in [0.25, 0.3) is 11.6 Å². The maximum atomic E-state index is 13.5. The molecule has 0 aliphatic carbocycles. The zero-order valence-electron chi connectivity index (χ0n) is 18.6. The number of aryl methyl sites for hydroxylation is 1. The van der Waals surface area contributed by atoms with Crippen molar-refractivity contribution in [3.05, 3.63) is 87.3 Å². The van der Waals surface area contributed by atoms with Crippen LogP contribution >= 0.6 is 12.2 Å². The molecule has 0 saturated carbocycles. The largest absolute Gasteiger partial charge is 0.497 e. The highest BCUT2D eigenvalue weighted by molar-refractivity contribution is 7.80. The molecule has 2 aromatic carbocycles. The van der Waals surface area contributed by atoms with Crippen LogP contribution in [0.1, 0.15) is 24.3 Å². The van der Waals surface area contributed by atoms with Gasteiger partial charge in [-0.25, -0.2) is 0 Å². The molecule has 1 aliphatic heterocycles. The minimum Gasteiger partial charge on any atom is -0.497 e. The predicted octanol–water partition coefficient (Wildman–Crippen LogP) is 4.25. The smallest absolute Gasteiger partial charge is 0.275 e. The van der Waals surface area contributed by atoms with E-state index in [1.807, 2.05) is 0 Å². The number of hydrogen-bond acceptors (Lipinski definition) is 7. The second-order valence-electron chi connectivity index (χ2n) is 7.51. The van der Waals surface area contributed by atoms with Crippen molar-refractivity contribution >= 4 is 40.4 Å². The Kier molecular flexibility index (Phi) is 6.28. The van der Waals surface area contributed by atoms with Gasteiger partial charge >= 0.3 is 0 Å². The van der Waals surface area contributed by atoms with Crippen molar-refractivity contribution in [1.29, 1.82) is 0 Å². The van der Waals surface area contributed by atoms with Crippen molar-refractivity contribution in [2.45, 2.75) is 19.9 Å². The van der Waals surface area contributed by atoms with Crippen molar-refractivity contribution in [3.8, 4) is 5.75 Å². The summed E-state index contributed by atoms with van der Waals surface area (Å²) in [6, 6.07) is 14.1. The van der Waals surface area contributed by atoms with Crippen LogP contribution < -0.4 is 20.3 Å². The standard InChI is InChI=1S/C23H21N5O5S/c1-13-12-19(26-33-13)24-22(29)20-14(2)27(15-8-10-16(32-3)11-9-15)23(34)25-21(20)17-6-4-5-7-18(17)28(30)31/h4-12,21H,1-3H3,(H,25,34)(H,24,26,29)/t21-/m0/s1. The molecule has 4 rings (SSSR count). The van der Waals surface area contributed by atoms with Gasteiger partial charge < -0.3 is 19.9 Å². The first-order valence-corrected chi connectivity index (χ1v) is 10.6. The van der Waals surface area contributed by atoms with Crippen molar-refractivity contribution in [2.24, 2.45) is 0 Å². The molecule has 0 bridgehead atoms. The number of benzene rings is 2. The Labute approximate surface area is 200 Å². The number of nitro benzene ring substituents is 1. The van der Waals surface area contributed by atoms with Crippen LogP contribution in [0.25, 0.3) is 0 Å². The fourth-order valence-corrected chi connectivity index (χ4v) is 4.18. The van der Waals surface area contributed by atoms with Gasteiger partial charge in [0.15, 0.2) is 10.9 Å². The van der Waals surface area contributed by atoms with Gasteiger partial charge in [-0.3, -0.25) is 19.8 Å². The lowest BCUT2D eigenvalue weighted by molar-refractivity contribution is -0.385. The number of nitrogens with zero attached hydrogens (tertiary/aromatic N) is 3. The molecule has 34 heavy (non-hydrogen) atoms. The van der Waals surface area contributed by atoms with Crippen molar-refractivity contribution < 1.29 is 19.0 Å². The predicted molar refractivity (Wildman–Crippen MR) is 130 cm³/mol. The summed E-state index contributed by atoms with van der Waals surface area (Å²) in [5.41, 5.74) is 1.63. The molecule has 2 N–H and O–H groups in total. The average Bonchev–Trinajstić information content (AvgIpc) is 3.23. The van der Waals surface area contributed by atoms with E-state index in [2.05, 4.69) is 15.8 Å². The average molecular weight is 480 g/mol. The van der Waals surface area contributed by atoms with Crippen LogP contribution in [0.4, 0.5) is 17.2 Å². The fourth-order valence-electron chi connectivity index (χ4n) is 3.82. The zero-order chi connectivity index (χ0) is 24.4. The highest BCUT2D eigenvalue weighted by atomic mass is 32.1. The Bertz CT molecular complexity index is 1300. The quantitative estimate of drug-likeness (QED) is 0.303. The molecule has 1 amide bonds. The van der Waals surface area contributed by atoms with E-state index < -0.39 is 16.9 Å². The SMILES string of the molecule is COc1ccc(N2C(=S)N[C@@H](c3ccccc3[N+](=O)[O-])C(C(=O)Nc3cc(C)on3)=C2C)cc1. The van der Waals surface area contributed by atoms with Crippen LogP contribution in [0.5, 0.6) is 5.75 Å². The molecule has 0 saturated heterocycles. The molecular formula is C23H21N5O5S. The third-order valence-electron chi connectivity index (χ3n) is 5.37. The van der Waals surface area contributed by atoms with Crippen LogP contribution in [0, 0.1) is 17.0 Å². The lowest BCUT2D eigenvalue weighted by atomic mass is 9.93. The second kappa shape index (κ2) is 9.32. The molecule has 0 spiro atoms. The maximum Gasteiger partial charge on any atom is 0.275 e. The molecule has 174 valence electrons. The van der Waals surface area contributed by atoms with Gasteiger partial charge in [0, 0.05) is 23.5 Å². The highest BCUT2D eigenvalue weighted by Gasteiger charge is 2.37. The van der Waals surface area contributed by atoms with Gasteiger partial charge in [-0.2, -0.15) is 0 Å². The molecule has 2 heterocycles. The Hall–Kier alpha value is -4.25. The summed E-state index contributed by atoms with van der Waals surface area (Å²) in [4.78, 5) is 26.4. The zero-order valence-corrected chi connectivity index (χ0v) is 19.4. The number of anilines is 2. The number of carbonyl (C=O) groups is 1. The number of aromatic nitrogens is 1. The summed E-state index contributed by atoms with van der Waals surface area (Å²) in [6.07, 6.45) is 0. The number of nitrogens with one attached hydrogen (secondary N) is 2. The number of carbonyl (C=O) groups excluding carboxylic acids is 1. The Morgan fingerprint density at radius 2 is 1.94 bits per heavy atom. The molecule has 10 nitrogen and oxygen atoms in total. The molecular weight excluding hydrogens is 458 g/mol. The lowest BCUT2D eigenvalue weighted by Crippen LogP contribution is -2.48. The first-order chi connectivity index (χ1) is 16.3. The van der Waals surface area contributed by atoms with Gasteiger partial charge in [0.1, 0.15) is 11.5 Å². The van der Waals surface area contributed by atoms with Crippen LogP contribution in [0.3, 0.4) is 0 Å². The number of thiocarbonyl (C=S) groups is 1. The van der Waals surface area contributed by atoms with E-state index in [4.69, 9.17) is 21.5 Å². The van der Waals surface area contributed by atoms with Crippen LogP contribution in [0.15, 0.2) is 70.4 Å². The number of methoxy groups -OCH3 is 1. The molecule has 3 aromatic rings. The van der Waals surface area contributed by atoms with Gasteiger partial charge in [0.05, 0.1) is 29.2 Å². The van der Waals surface area contributed by atoms with Gasteiger partial charge in [-0.1, -0.05) is 17.3 Å². The van der Waals surface area contributed by atoms with E-state index in [0.29, 0.717) is 33.6 Å². The van der Waals surface area contributed by atoms with E-state index in [0.717, 1.165) is 0 Å².